The fraction of sp³-hybridized carbons (Fsp3) is 0.0455. The van der Waals surface area contributed by atoms with Gasteiger partial charge in [-0.3, -0.25) is 0 Å². The van der Waals surface area contributed by atoms with Crippen LogP contribution >= 0.6 is 15.9 Å². The van der Waals surface area contributed by atoms with Gasteiger partial charge < -0.3 is 0 Å². The Kier molecular flexibility index (Phi) is 5.36. The molecule has 8 aromatic carbocycles. The Balaban J connectivity index is 1.18. The minimum atomic E-state index is 0.217. The summed E-state index contributed by atoms with van der Waals surface area (Å²) in [4.78, 5) is 0. The van der Waals surface area contributed by atoms with Crippen molar-refractivity contribution >= 4 is 48.2 Å². The molecule has 3 aliphatic rings. The van der Waals surface area contributed by atoms with E-state index in [1.807, 2.05) is 0 Å². The molecule has 210 valence electrons. The number of benzene rings is 8. The first kappa shape index (κ1) is 25.4. The van der Waals surface area contributed by atoms with Crippen molar-refractivity contribution in [3.05, 3.63) is 190 Å². The molecule has 0 saturated heterocycles. The first-order valence-corrected chi connectivity index (χ1v) is 16.5. The Morgan fingerprint density at radius 3 is 1.40 bits per heavy atom. The molecule has 1 heteroatoms. The third-order valence-electron chi connectivity index (χ3n) is 10.3. The minimum absolute atomic E-state index is 0.217. The standard InChI is InChI=1S/C44H27Br/c45-40-23-22-29(43-41-35-16-5-7-18-37(35)42(44(40)43)38-19-8-6-17-36(38)41)28-11-9-10-26(24-28)27-20-21-34-32-14-2-1-12-30(32)31-13-3-4-15-33(31)39(34)25-27/h1-25,41-42H. The van der Waals surface area contributed by atoms with Gasteiger partial charge in [0.2, 0.25) is 0 Å². The van der Waals surface area contributed by atoms with Gasteiger partial charge in [-0.15, -0.1) is 0 Å². The topological polar surface area (TPSA) is 0 Å². The fourth-order valence-corrected chi connectivity index (χ4v) is 9.02. The molecule has 0 saturated carbocycles. The van der Waals surface area contributed by atoms with E-state index in [2.05, 4.69) is 168 Å². The van der Waals surface area contributed by atoms with Gasteiger partial charge in [0.15, 0.2) is 0 Å². The van der Waals surface area contributed by atoms with Crippen LogP contribution in [0.15, 0.2) is 156 Å². The summed E-state index contributed by atoms with van der Waals surface area (Å²) in [7, 11) is 0. The molecule has 0 unspecified atom stereocenters. The SMILES string of the molecule is Brc1ccc(-c2cccc(-c3ccc4c5ccccc5c5ccccc5c4c3)c2)c2c1C1c3ccccc3C2c2ccccc21. The third kappa shape index (κ3) is 3.53. The van der Waals surface area contributed by atoms with Crippen molar-refractivity contribution in [2.75, 3.05) is 0 Å². The lowest BCUT2D eigenvalue weighted by molar-refractivity contribution is 0.752. The van der Waals surface area contributed by atoms with Crippen molar-refractivity contribution in [2.24, 2.45) is 0 Å². The third-order valence-corrected chi connectivity index (χ3v) is 11.0. The van der Waals surface area contributed by atoms with Crippen LogP contribution in [0.2, 0.25) is 0 Å². The van der Waals surface area contributed by atoms with Crippen LogP contribution in [0.25, 0.3) is 54.6 Å². The Bertz CT molecular complexity index is 2440. The largest absolute Gasteiger partial charge is 0.0619 e. The number of hydrogen-bond donors (Lipinski definition) is 0. The molecule has 0 radical (unpaired) electrons. The van der Waals surface area contributed by atoms with E-state index >= 15 is 0 Å². The zero-order chi connectivity index (χ0) is 29.6. The Hall–Kier alpha value is -4.98. The van der Waals surface area contributed by atoms with Crippen LogP contribution in [0.5, 0.6) is 0 Å². The van der Waals surface area contributed by atoms with Gasteiger partial charge in [-0.2, -0.15) is 0 Å². The monoisotopic (exact) mass is 634 g/mol. The van der Waals surface area contributed by atoms with Crippen LogP contribution in [0.1, 0.15) is 45.2 Å². The second-order valence-electron chi connectivity index (χ2n) is 12.5. The molecule has 0 N–H and O–H groups in total. The molecule has 0 atom stereocenters. The average molecular weight is 636 g/mol. The van der Waals surface area contributed by atoms with Crippen molar-refractivity contribution in [1.82, 2.24) is 0 Å². The maximum absolute atomic E-state index is 4.01. The van der Waals surface area contributed by atoms with E-state index in [1.165, 1.54) is 92.4 Å². The van der Waals surface area contributed by atoms with E-state index in [1.54, 1.807) is 0 Å². The second kappa shape index (κ2) is 9.51. The smallest absolute Gasteiger partial charge is 0.0360 e. The number of fused-ring (bicyclic) bond motifs is 6. The van der Waals surface area contributed by atoms with Crippen LogP contribution in [0, 0.1) is 0 Å². The lowest BCUT2D eigenvalue weighted by Gasteiger charge is -2.43. The summed E-state index contributed by atoms with van der Waals surface area (Å²) in [6.45, 7) is 0. The molecular formula is C44H27Br. The molecule has 0 fully saturated rings. The molecular weight excluding hydrogens is 608 g/mol. The molecule has 0 spiro atoms. The Morgan fingerprint density at radius 1 is 0.333 bits per heavy atom. The van der Waals surface area contributed by atoms with Crippen LogP contribution < -0.4 is 0 Å². The van der Waals surface area contributed by atoms with Crippen molar-refractivity contribution in [1.29, 1.82) is 0 Å². The molecule has 3 aliphatic carbocycles. The van der Waals surface area contributed by atoms with E-state index in [-0.39, 0.29) is 11.8 Å². The average Bonchev–Trinajstić information content (AvgIpc) is 3.11. The van der Waals surface area contributed by atoms with Crippen molar-refractivity contribution in [2.45, 2.75) is 11.8 Å². The molecule has 11 rings (SSSR count). The summed E-state index contributed by atoms with van der Waals surface area (Å²) in [5, 5.41) is 7.85. The quantitative estimate of drug-likeness (QED) is 0.166. The van der Waals surface area contributed by atoms with Crippen LogP contribution in [-0.2, 0) is 0 Å². The zero-order valence-electron chi connectivity index (χ0n) is 24.5. The summed E-state index contributed by atoms with van der Waals surface area (Å²) in [6, 6.07) is 56.5. The fourth-order valence-electron chi connectivity index (χ4n) is 8.45. The normalized spacial score (nSPS) is 16.1. The van der Waals surface area contributed by atoms with Gasteiger partial charge in [0, 0.05) is 16.3 Å². The Labute approximate surface area is 270 Å². The summed E-state index contributed by atoms with van der Waals surface area (Å²) in [6.07, 6.45) is 0. The maximum Gasteiger partial charge on any atom is 0.0360 e. The van der Waals surface area contributed by atoms with E-state index in [4.69, 9.17) is 0 Å². The first-order valence-electron chi connectivity index (χ1n) is 15.7. The van der Waals surface area contributed by atoms with Gasteiger partial charge in [-0.1, -0.05) is 149 Å². The van der Waals surface area contributed by atoms with Gasteiger partial charge >= 0.3 is 0 Å². The summed E-state index contributed by atoms with van der Waals surface area (Å²) >= 11 is 4.01. The zero-order valence-corrected chi connectivity index (χ0v) is 26.1. The molecule has 2 bridgehead atoms. The first-order chi connectivity index (χ1) is 22.3. The number of rotatable bonds is 2. The Morgan fingerprint density at radius 2 is 0.800 bits per heavy atom. The van der Waals surface area contributed by atoms with Gasteiger partial charge in [-0.05, 0) is 106 Å². The lowest BCUT2D eigenvalue weighted by Crippen LogP contribution is -2.28. The summed E-state index contributed by atoms with van der Waals surface area (Å²) < 4.78 is 1.20. The van der Waals surface area contributed by atoms with E-state index in [0.29, 0.717) is 0 Å². The van der Waals surface area contributed by atoms with E-state index < -0.39 is 0 Å². The molecule has 0 heterocycles. The predicted molar refractivity (Wildman–Crippen MR) is 192 cm³/mol. The van der Waals surface area contributed by atoms with Crippen molar-refractivity contribution in [3.8, 4) is 22.3 Å². The molecule has 0 aliphatic heterocycles. The summed E-state index contributed by atoms with van der Waals surface area (Å²) in [5.41, 5.74) is 13.7. The van der Waals surface area contributed by atoms with Gasteiger partial charge in [0.25, 0.3) is 0 Å². The highest BCUT2D eigenvalue weighted by Gasteiger charge is 2.43. The van der Waals surface area contributed by atoms with Gasteiger partial charge in [0.05, 0.1) is 0 Å². The van der Waals surface area contributed by atoms with Crippen molar-refractivity contribution < 1.29 is 0 Å². The minimum Gasteiger partial charge on any atom is -0.0619 e. The van der Waals surface area contributed by atoms with Gasteiger partial charge in [0.1, 0.15) is 0 Å². The molecule has 45 heavy (non-hydrogen) atoms. The second-order valence-corrected chi connectivity index (χ2v) is 13.3. The highest BCUT2D eigenvalue weighted by Crippen LogP contribution is 2.59. The maximum atomic E-state index is 4.01. The lowest BCUT2D eigenvalue weighted by atomic mass is 9.60. The summed E-state index contributed by atoms with van der Waals surface area (Å²) in [5.74, 6) is 0.451. The number of halogens is 1. The highest BCUT2D eigenvalue weighted by molar-refractivity contribution is 9.10. The molecule has 0 aromatic heterocycles. The van der Waals surface area contributed by atoms with E-state index in [9.17, 15) is 0 Å². The van der Waals surface area contributed by atoms with E-state index in [0.717, 1.165) is 0 Å². The molecule has 0 nitrogen and oxygen atoms in total. The molecule has 0 amide bonds. The van der Waals surface area contributed by atoms with Crippen LogP contribution in [0.3, 0.4) is 0 Å². The highest BCUT2D eigenvalue weighted by atomic mass is 79.9. The van der Waals surface area contributed by atoms with Crippen LogP contribution in [-0.4, -0.2) is 0 Å². The number of hydrogen-bond acceptors (Lipinski definition) is 0. The predicted octanol–water partition coefficient (Wildman–Crippen LogP) is 12.2. The van der Waals surface area contributed by atoms with Gasteiger partial charge in [-0.25, -0.2) is 0 Å². The molecule has 8 aromatic rings. The van der Waals surface area contributed by atoms with Crippen LogP contribution in [0.4, 0.5) is 0 Å². The van der Waals surface area contributed by atoms with Crippen molar-refractivity contribution in [3.63, 3.8) is 0 Å².